The van der Waals surface area contributed by atoms with Gasteiger partial charge >= 0.3 is 0 Å². The highest BCUT2D eigenvalue weighted by atomic mass is 16.2. The van der Waals surface area contributed by atoms with Crippen molar-refractivity contribution in [2.75, 3.05) is 48.3 Å². The van der Waals surface area contributed by atoms with Crippen LogP contribution in [0.3, 0.4) is 0 Å². The number of carbonyl (C=O) groups is 2. The molecule has 76 heavy (non-hydrogen) atoms. The highest BCUT2D eigenvalue weighted by Gasteiger charge is 2.21. The van der Waals surface area contributed by atoms with Gasteiger partial charge in [-0.1, -0.05) is 92.4 Å². The van der Waals surface area contributed by atoms with E-state index in [1.807, 2.05) is 121 Å². The van der Waals surface area contributed by atoms with Crippen molar-refractivity contribution in [2.24, 2.45) is 4.99 Å². The number of nitrogens with zero attached hydrogens (tertiary/aromatic N) is 3. The van der Waals surface area contributed by atoms with Crippen LogP contribution in [0.4, 0.5) is 34.1 Å². The number of allylic oxidation sites excluding steroid dienone is 3. The number of rotatable bonds is 23. The number of fused-ring (bicyclic) bond motifs is 2. The maximum atomic E-state index is 13.0. The van der Waals surface area contributed by atoms with Gasteiger partial charge in [0.1, 0.15) is 11.0 Å². The number of benzene rings is 7. The lowest BCUT2D eigenvalue weighted by atomic mass is 10.0. The van der Waals surface area contributed by atoms with Gasteiger partial charge in [0.15, 0.2) is 0 Å². The van der Waals surface area contributed by atoms with Crippen LogP contribution < -0.4 is 42.6 Å². The number of aromatic nitrogens is 2. The fourth-order valence-corrected chi connectivity index (χ4v) is 9.59. The Labute approximate surface area is 446 Å². The third-order valence-electron chi connectivity index (χ3n) is 13.8. The quantitative estimate of drug-likeness (QED) is 0.0143. The first-order valence-electron chi connectivity index (χ1n) is 26.7. The summed E-state index contributed by atoms with van der Waals surface area (Å²) in [5.74, 6) is -0.145. The van der Waals surface area contributed by atoms with Crippen molar-refractivity contribution in [3.63, 3.8) is 0 Å². The zero-order valence-electron chi connectivity index (χ0n) is 43.7. The molecule has 0 atom stereocenters. The zero-order valence-corrected chi connectivity index (χ0v) is 43.7. The van der Waals surface area contributed by atoms with E-state index in [1.54, 1.807) is 0 Å². The highest BCUT2D eigenvalue weighted by Crippen LogP contribution is 2.32. The van der Waals surface area contributed by atoms with Crippen molar-refractivity contribution in [3.05, 3.63) is 198 Å². The van der Waals surface area contributed by atoms with Gasteiger partial charge in [0, 0.05) is 102 Å². The van der Waals surface area contributed by atoms with Crippen molar-refractivity contribution in [1.29, 1.82) is 0 Å². The number of aryl methyl sites for hydroxylation is 1. The van der Waals surface area contributed by atoms with Gasteiger partial charge in [-0.25, -0.2) is 4.98 Å². The number of unbranched alkanes of at least 4 members (excludes halogenated alkanes) is 6. The summed E-state index contributed by atoms with van der Waals surface area (Å²) < 4.78 is 2.25. The minimum Gasteiger partial charge on any atom is -0.399 e. The summed E-state index contributed by atoms with van der Waals surface area (Å²) in [7, 11) is 0. The summed E-state index contributed by atoms with van der Waals surface area (Å²) in [6, 6.07) is 51.7. The topological polar surface area (TPSA) is 175 Å². The standard InChI is InChI=1S/C64H68N10O2/c1-44-39-53(72-58-41-50(65)29-32-56(58)71-52-17-9-7-10-18-52)31-33-55(44)67-35-13-3-5-15-37-69-63(75)48-25-21-46(22-26-48)47-23-27-49(28-24-47)64(76)70-38-16-6-4-14-36-68-57-43-62-59(40-45(57)2)73-60-42-51(66)30-34-61(60)74(62)54-19-11-8-12-20-54/h7-12,17-30,32-34,39-43,67H,3-6,13-16,31,35-38,66H2,1-2H3,(H5,65,68,69,70,71,73,75,76)/p+1. The Morgan fingerprint density at radius 2 is 1.13 bits per heavy atom. The van der Waals surface area contributed by atoms with Crippen LogP contribution in [0.25, 0.3) is 38.9 Å². The van der Waals surface area contributed by atoms with Crippen LogP contribution in [0.5, 0.6) is 0 Å². The molecule has 386 valence electrons. The molecule has 1 aliphatic carbocycles. The van der Waals surface area contributed by atoms with E-state index in [0.717, 1.165) is 155 Å². The number of nitrogens with one attached hydrogen (secondary N) is 5. The second-order valence-corrected chi connectivity index (χ2v) is 19.6. The third-order valence-corrected chi connectivity index (χ3v) is 13.8. The van der Waals surface area contributed by atoms with Gasteiger partial charge in [-0.15, -0.1) is 4.57 Å². The molecule has 0 spiro atoms. The molecular weight excluding hydrogens is 941 g/mol. The van der Waals surface area contributed by atoms with E-state index in [4.69, 9.17) is 21.4 Å². The number of nitrogen functional groups attached to an aromatic ring is 2. The third kappa shape index (κ3) is 13.7. The van der Waals surface area contributed by atoms with Crippen LogP contribution in [0.2, 0.25) is 0 Å². The number of hydrogen-bond acceptors (Lipinski definition) is 9. The molecule has 1 heterocycles. The minimum atomic E-state index is -0.0740. The first-order valence-corrected chi connectivity index (χ1v) is 26.7. The molecular formula is C64H69N10O2+. The Hall–Kier alpha value is -8.77. The molecule has 9 N–H and O–H groups in total. The van der Waals surface area contributed by atoms with Gasteiger partial charge in [0.25, 0.3) is 11.8 Å². The van der Waals surface area contributed by atoms with Crippen molar-refractivity contribution in [1.82, 2.24) is 20.9 Å². The normalized spacial score (nSPS) is 12.8. The van der Waals surface area contributed by atoms with E-state index < -0.39 is 0 Å². The van der Waals surface area contributed by atoms with Gasteiger partial charge in [0.2, 0.25) is 16.7 Å². The van der Waals surface area contributed by atoms with Crippen LogP contribution >= 0.6 is 0 Å². The zero-order chi connectivity index (χ0) is 52.6. The SMILES string of the molecule is CC1=CC(=Nc2cc(N)ccc2Nc2ccccc2)CC=C1NCCCCCCNC(=O)c1ccc(-c2ccc(C(=O)NCCCCCCNc3cc4c(cc3C)nc3cc(N)ccc3[n+]4-c3ccccc3)cc2)cc1. The van der Waals surface area contributed by atoms with E-state index in [-0.39, 0.29) is 11.8 Å². The molecule has 1 aliphatic rings. The van der Waals surface area contributed by atoms with E-state index in [9.17, 15) is 9.59 Å². The molecule has 9 rings (SSSR count). The first-order chi connectivity index (χ1) is 37.1. The number of aliphatic imine (C=N–C) groups is 1. The molecule has 0 radical (unpaired) electrons. The fraction of sp³-hybridized carbons (Fsp3) is 0.234. The molecule has 0 fully saturated rings. The van der Waals surface area contributed by atoms with Gasteiger partial charge in [-0.3, -0.25) is 14.6 Å². The van der Waals surface area contributed by atoms with Crippen LogP contribution in [0.1, 0.15) is 91.0 Å². The maximum absolute atomic E-state index is 13.0. The number of para-hydroxylation sites is 2. The lowest BCUT2D eigenvalue weighted by Gasteiger charge is -2.17. The van der Waals surface area contributed by atoms with E-state index >= 15 is 0 Å². The Balaban J connectivity index is 0.634. The van der Waals surface area contributed by atoms with Crippen molar-refractivity contribution >= 4 is 73.7 Å². The molecule has 8 aromatic rings. The van der Waals surface area contributed by atoms with Crippen molar-refractivity contribution < 1.29 is 14.2 Å². The molecule has 0 saturated heterocycles. The number of anilines is 5. The average molecular weight is 1010 g/mol. The summed E-state index contributed by atoms with van der Waals surface area (Å²) in [5.41, 5.74) is 30.0. The lowest BCUT2D eigenvalue weighted by Crippen LogP contribution is -2.33. The van der Waals surface area contributed by atoms with E-state index in [0.29, 0.717) is 35.6 Å². The maximum Gasteiger partial charge on any atom is 0.251 e. The molecule has 0 saturated carbocycles. The molecule has 12 nitrogen and oxygen atoms in total. The Morgan fingerprint density at radius 1 is 0.566 bits per heavy atom. The van der Waals surface area contributed by atoms with Crippen molar-refractivity contribution in [2.45, 2.75) is 71.6 Å². The summed E-state index contributed by atoms with van der Waals surface area (Å²) in [6.07, 6.45) is 13.2. The predicted octanol–water partition coefficient (Wildman–Crippen LogP) is 12.8. The van der Waals surface area contributed by atoms with Crippen molar-refractivity contribution in [3.8, 4) is 16.8 Å². The Kier molecular flexibility index (Phi) is 17.4. The van der Waals surface area contributed by atoms with Crippen LogP contribution in [-0.4, -0.2) is 48.7 Å². The molecule has 7 aromatic carbocycles. The number of hydrogen-bond donors (Lipinski definition) is 7. The number of nitrogens with two attached hydrogens (primary N) is 2. The molecule has 0 aliphatic heterocycles. The van der Waals surface area contributed by atoms with Crippen LogP contribution in [-0.2, 0) is 0 Å². The number of carbonyl (C=O) groups excluding carboxylic acids is 2. The van der Waals surface area contributed by atoms with Crippen LogP contribution in [0, 0.1) is 6.92 Å². The van der Waals surface area contributed by atoms with Gasteiger partial charge in [-0.05, 0) is 141 Å². The van der Waals surface area contributed by atoms with Gasteiger partial charge in [-0.2, -0.15) is 0 Å². The monoisotopic (exact) mass is 1010 g/mol. The first kappa shape index (κ1) is 52.1. The van der Waals surface area contributed by atoms with Gasteiger partial charge < -0.3 is 38.1 Å². The molecule has 1 aromatic heterocycles. The van der Waals surface area contributed by atoms with Crippen LogP contribution in [0.15, 0.2) is 186 Å². The molecule has 2 amide bonds. The lowest BCUT2D eigenvalue weighted by molar-refractivity contribution is -0.538. The minimum absolute atomic E-state index is 0.0714. The smallest absolute Gasteiger partial charge is 0.251 e. The number of amides is 2. The Morgan fingerprint density at radius 3 is 1.76 bits per heavy atom. The largest absolute Gasteiger partial charge is 0.399 e. The highest BCUT2D eigenvalue weighted by molar-refractivity contribution is 6.01. The summed E-state index contributed by atoms with van der Waals surface area (Å²) in [5, 5.41) is 16.9. The van der Waals surface area contributed by atoms with E-state index in [2.05, 4.69) is 93.5 Å². The van der Waals surface area contributed by atoms with E-state index in [1.165, 1.54) is 0 Å². The Bertz CT molecular complexity index is 3390. The molecule has 0 unspecified atom stereocenters. The fourth-order valence-electron chi connectivity index (χ4n) is 9.59. The summed E-state index contributed by atoms with van der Waals surface area (Å²) in [6.45, 7) is 7.23. The molecule has 12 heteroatoms. The second-order valence-electron chi connectivity index (χ2n) is 19.6. The molecule has 0 bridgehead atoms. The second kappa shape index (κ2) is 25.4. The average Bonchev–Trinajstić information content (AvgIpc) is 3.45. The van der Waals surface area contributed by atoms with Gasteiger partial charge in [0.05, 0.1) is 11.4 Å². The summed E-state index contributed by atoms with van der Waals surface area (Å²) in [4.78, 5) is 35.9. The predicted molar refractivity (Wildman–Crippen MR) is 314 cm³/mol. The summed E-state index contributed by atoms with van der Waals surface area (Å²) >= 11 is 0.